The van der Waals surface area contributed by atoms with Gasteiger partial charge in [-0.15, -0.1) is 0 Å². The third-order valence-electron chi connectivity index (χ3n) is 3.84. The molecule has 1 aliphatic rings. The average Bonchev–Trinajstić information content (AvgIpc) is 2.29. The quantitative estimate of drug-likeness (QED) is 0.821. The zero-order valence-corrected chi connectivity index (χ0v) is 11.7. The lowest BCUT2D eigenvalue weighted by Crippen LogP contribution is -2.46. The predicted octanol–water partition coefficient (Wildman–Crippen LogP) is 2.53. The van der Waals surface area contributed by atoms with Gasteiger partial charge in [0, 0.05) is 19.5 Å². The monoisotopic (exact) mass is 255 g/mol. The van der Waals surface area contributed by atoms with E-state index in [-0.39, 0.29) is 5.91 Å². The smallest absolute Gasteiger partial charge is 0.309 e. The molecule has 1 saturated heterocycles. The Balaban J connectivity index is 2.58. The molecule has 104 valence electrons. The Morgan fingerprint density at radius 3 is 2.22 bits per heavy atom. The summed E-state index contributed by atoms with van der Waals surface area (Å²) in [5, 5.41) is 9.39. The van der Waals surface area contributed by atoms with E-state index in [2.05, 4.69) is 0 Å². The number of carbonyl (C=O) groups is 2. The molecular formula is C14H25NO3. The zero-order valence-electron chi connectivity index (χ0n) is 11.7. The molecular weight excluding hydrogens is 230 g/mol. The second-order valence-corrected chi connectivity index (χ2v) is 5.81. The third kappa shape index (κ3) is 3.47. The van der Waals surface area contributed by atoms with Crippen molar-refractivity contribution in [3.05, 3.63) is 0 Å². The molecule has 0 aromatic heterocycles. The van der Waals surface area contributed by atoms with E-state index in [1.165, 1.54) is 0 Å². The van der Waals surface area contributed by atoms with Crippen LogP contribution in [0.25, 0.3) is 0 Å². The Kier molecular flexibility index (Phi) is 5.17. The minimum Gasteiger partial charge on any atom is -0.481 e. The van der Waals surface area contributed by atoms with E-state index in [4.69, 9.17) is 0 Å². The molecule has 4 nitrogen and oxygen atoms in total. The fourth-order valence-corrected chi connectivity index (χ4v) is 2.71. The van der Waals surface area contributed by atoms with Gasteiger partial charge in [0.2, 0.25) is 5.91 Å². The Morgan fingerprint density at radius 2 is 1.83 bits per heavy atom. The van der Waals surface area contributed by atoms with Crippen LogP contribution in [-0.4, -0.2) is 35.0 Å². The third-order valence-corrected chi connectivity index (χ3v) is 3.84. The number of nitrogens with zero attached hydrogens (tertiary/aromatic N) is 1. The van der Waals surface area contributed by atoms with Gasteiger partial charge in [0.25, 0.3) is 0 Å². The predicted molar refractivity (Wildman–Crippen MR) is 70.2 cm³/mol. The van der Waals surface area contributed by atoms with Gasteiger partial charge in [-0.05, 0) is 25.2 Å². The second-order valence-electron chi connectivity index (χ2n) is 5.81. The first-order valence-electron chi connectivity index (χ1n) is 6.92. The molecule has 0 unspecified atom stereocenters. The van der Waals surface area contributed by atoms with Crippen molar-refractivity contribution in [2.45, 2.75) is 52.9 Å². The fourth-order valence-electron chi connectivity index (χ4n) is 2.71. The van der Waals surface area contributed by atoms with E-state index in [1.807, 2.05) is 25.7 Å². The second kappa shape index (κ2) is 6.21. The van der Waals surface area contributed by atoms with E-state index in [0.717, 1.165) is 6.42 Å². The van der Waals surface area contributed by atoms with Crippen molar-refractivity contribution >= 4 is 11.9 Å². The lowest BCUT2D eigenvalue weighted by molar-refractivity contribution is -0.155. The van der Waals surface area contributed by atoms with E-state index < -0.39 is 11.4 Å². The van der Waals surface area contributed by atoms with Crippen molar-refractivity contribution in [3.63, 3.8) is 0 Å². The van der Waals surface area contributed by atoms with Gasteiger partial charge in [0.1, 0.15) is 0 Å². The highest BCUT2D eigenvalue weighted by molar-refractivity contribution is 5.78. The first-order chi connectivity index (χ1) is 8.41. The van der Waals surface area contributed by atoms with Crippen molar-refractivity contribution in [2.24, 2.45) is 11.3 Å². The van der Waals surface area contributed by atoms with Crippen LogP contribution in [0.3, 0.4) is 0 Å². The molecule has 0 aromatic rings. The number of likely N-dealkylation sites (tertiary alicyclic amines) is 1. The van der Waals surface area contributed by atoms with Crippen molar-refractivity contribution < 1.29 is 14.7 Å². The first kappa shape index (κ1) is 15.0. The summed E-state index contributed by atoms with van der Waals surface area (Å²) in [7, 11) is 0. The normalized spacial score (nSPS) is 19.0. The van der Waals surface area contributed by atoms with Crippen molar-refractivity contribution in [1.29, 1.82) is 0 Å². The van der Waals surface area contributed by atoms with Crippen LogP contribution in [0.4, 0.5) is 0 Å². The molecule has 0 atom stereocenters. The molecule has 0 spiro atoms. The van der Waals surface area contributed by atoms with Gasteiger partial charge < -0.3 is 10.0 Å². The van der Waals surface area contributed by atoms with Crippen LogP contribution >= 0.6 is 0 Å². The number of rotatable bonds is 5. The van der Waals surface area contributed by atoms with E-state index in [0.29, 0.717) is 44.7 Å². The summed E-state index contributed by atoms with van der Waals surface area (Å²) in [6.07, 6.45) is 3.36. The number of hydrogen-bond acceptors (Lipinski definition) is 2. The van der Waals surface area contributed by atoms with Gasteiger partial charge in [0.15, 0.2) is 0 Å². The van der Waals surface area contributed by atoms with Gasteiger partial charge in [-0.25, -0.2) is 0 Å². The van der Waals surface area contributed by atoms with Crippen LogP contribution < -0.4 is 0 Å². The molecule has 1 heterocycles. The molecule has 0 aromatic carbocycles. The maximum Gasteiger partial charge on any atom is 0.309 e. The van der Waals surface area contributed by atoms with Gasteiger partial charge in [-0.3, -0.25) is 9.59 Å². The molecule has 1 N–H and O–H groups in total. The number of piperidine rings is 1. The first-order valence-corrected chi connectivity index (χ1v) is 6.92. The van der Waals surface area contributed by atoms with Gasteiger partial charge >= 0.3 is 5.97 Å². The number of carbonyl (C=O) groups excluding carboxylic acids is 1. The van der Waals surface area contributed by atoms with Crippen molar-refractivity contribution in [3.8, 4) is 0 Å². The maximum absolute atomic E-state index is 11.9. The molecule has 0 saturated carbocycles. The van der Waals surface area contributed by atoms with E-state index >= 15 is 0 Å². The lowest BCUT2D eigenvalue weighted by Gasteiger charge is -2.39. The van der Waals surface area contributed by atoms with Crippen molar-refractivity contribution in [1.82, 2.24) is 4.90 Å². The van der Waals surface area contributed by atoms with Crippen LogP contribution in [-0.2, 0) is 9.59 Å². The molecule has 0 bridgehead atoms. The number of amides is 1. The summed E-state index contributed by atoms with van der Waals surface area (Å²) in [4.78, 5) is 25.2. The molecule has 1 rings (SSSR count). The van der Waals surface area contributed by atoms with Crippen LogP contribution in [0.15, 0.2) is 0 Å². The average molecular weight is 255 g/mol. The Hall–Kier alpha value is -1.06. The highest BCUT2D eigenvalue weighted by Gasteiger charge is 2.41. The van der Waals surface area contributed by atoms with Gasteiger partial charge in [0.05, 0.1) is 5.41 Å². The fraction of sp³-hybridized carbons (Fsp3) is 0.857. The molecule has 1 aliphatic heterocycles. The Bertz CT molecular complexity index is 304. The lowest BCUT2D eigenvalue weighted by atomic mass is 9.75. The zero-order chi connectivity index (χ0) is 13.8. The summed E-state index contributed by atoms with van der Waals surface area (Å²) >= 11 is 0. The van der Waals surface area contributed by atoms with Crippen LogP contribution in [0.5, 0.6) is 0 Å². The highest BCUT2D eigenvalue weighted by atomic mass is 16.4. The summed E-state index contributed by atoms with van der Waals surface area (Å²) in [6, 6.07) is 0. The molecule has 0 radical (unpaired) electrons. The number of hydrogen-bond donors (Lipinski definition) is 1. The van der Waals surface area contributed by atoms with Crippen LogP contribution in [0, 0.1) is 11.3 Å². The molecule has 4 heteroatoms. The molecule has 0 aliphatic carbocycles. The standard InChI is InChI=1S/C14H25NO3/c1-4-5-14(13(17)18)6-8-15(9-7-14)12(16)10-11(2)3/h11H,4-10H2,1-3H3,(H,17,18). The van der Waals surface area contributed by atoms with Gasteiger partial charge in [-0.2, -0.15) is 0 Å². The largest absolute Gasteiger partial charge is 0.481 e. The highest BCUT2D eigenvalue weighted by Crippen LogP contribution is 2.36. The van der Waals surface area contributed by atoms with E-state index in [1.54, 1.807) is 0 Å². The van der Waals surface area contributed by atoms with Gasteiger partial charge in [-0.1, -0.05) is 27.2 Å². The summed E-state index contributed by atoms with van der Waals surface area (Å²) in [6.45, 7) is 7.26. The van der Waals surface area contributed by atoms with E-state index in [9.17, 15) is 14.7 Å². The van der Waals surface area contributed by atoms with Crippen molar-refractivity contribution in [2.75, 3.05) is 13.1 Å². The maximum atomic E-state index is 11.9. The summed E-state index contributed by atoms with van der Waals surface area (Å²) < 4.78 is 0. The Labute approximate surface area is 109 Å². The molecule has 1 amide bonds. The van der Waals surface area contributed by atoms with Crippen LogP contribution in [0.2, 0.25) is 0 Å². The number of carboxylic acid groups (broad SMARTS) is 1. The van der Waals surface area contributed by atoms with Crippen LogP contribution in [0.1, 0.15) is 52.9 Å². The topological polar surface area (TPSA) is 57.6 Å². The minimum absolute atomic E-state index is 0.167. The SMILES string of the molecule is CCCC1(C(=O)O)CCN(C(=O)CC(C)C)CC1. The minimum atomic E-state index is -0.694. The molecule has 1 fully saturated rings. The summed E-state index contributed by atoms with van der Waals surface area (Å²) in [5.74, 6) is -0.167. The molecule has 18 heavy (non-hydrogen) atoms. The summed E-state index contributed by atoms with van der Waals surface area (Å²) in [5.41, 5.74) is -0.594. The Morgan fingerprint density at radius 1 is 1.28 bits per heavy atom. The number of aliphatic carboxylic acids is 1. The number of carboxylic acids is 1.